The van der Waals surface area contributed by atoms with E-state index in [1.807, 2.05) is 0 Å². The molecule has 106 valence electrons. The second-order valence-corrected chi connectivity index (χ2v) is 4.55. The summed E-state index contributed by atoms with van der Waals surface area (Å²) in [7, 11) is 0. The molecule has 0 fully saturated rings. The molecule has 0 spiro atoms. The minimum Gasteiger partial charge on any atom is -0.368 e. The summed E-state index contributed by atoms with van der Waals surface area (Å²) in [5.74, 6) is -0.655. The Kier molecular flexibility index (Phi) is 10.1. The largest absolute Gasteiger partial charge is 0.368 e. The van der Waals surface area contributed by atoms with Crippen molar-refractivity contribution < 1.29 is 9.63 Å². The van der Waals surface area contributed by atoms with Gasteiger partial charge in [0.2, 0.25) is 5.96 Å². The number of nitrogens with zero attached hydrogens (tertiary/aromatic N) is 1. The summed E-state index contributed by atoms with van der Waals surface area (Å²) in [6, 6.07) is 0. The molecule has 0 aliphatic rings. The zero-order valence-corrected chi connectivity index (χ0v) is 11.7. The first-order chi connectivity index (χ1) is 8.57. The van der Waals surface area contributed by atoms with Gasteiger partial charge in [0.1, 0.15) is 0 Å². The summed E-state index contributed by atoms with van der Waals surface area (Å²) in [5, 5.41) is 8.42. The molecule has 5 nitrogen and oxygen atoms in total. The third kappa shape index (κ3) is 9.93. The molecule has 0 heterocycles. The molecule has 0 aliphatic heterocycles. The van der Waals surface area contributed by atoms with Gasteiger partial charge >= 0.3 is 5.97 Å². The van der Waals surface area contributed by atoms with Gasteiger partial charge in [-0.25, -0.2) is 0 Å². The topological polar surface area (TPSA) is 79.4 Å². The lowest BCUT2D eigenvalue weighted by Gasteiger charge is -2.19. The molecule has 0 atom stereocenters. The molecule has 0 rings (SSSR count). The third-order valence-electron chi connectivity index (χ3n) is 2.72. The highest BCUT2D eigenvalue weighted by molar-refractivity contribution is 5.76. The summed E-state index contributed by atoms with van der Waals surface area (Å²) >= 11 is 0. The van der Waals surface area contributed by atoms with Crippen molar-refractivity contribution in [3.8, 4) is 0 Å². The molecule has 0 aliphatic carbocycles. The van der Waals surface area contributed by atoms with Crippen molar-refractivity contribution in [3.63, 3.8) is 0 Å². The Hall–Kier alpha value is -1.26. The van der Waals surface area contributed by atoms with Crippen molar-refractivity contribution in [2.24, 2.45) is 5.73 Å². The zero-order chi connectivity index (χ0) is 13.8. The molecule has 0 radical (unpaired) electrons. The second kappa shape index (κ2) is 10.9. The van der Waals surface area contributed by atoms with Crippen molar-refractivity contribution >= 4 is 11.9 Å². The van der Waals surface area contributed by atoms with Crippen LogP contribution in [0, 0.1) is 5.41 Å². The summed E-state index contributed by atoms with van der Waals surface area (Å²) in [6.07, 6.45) is 9.64. The monoisotopic (exact) mass is 257 g/mol. The maximum atomic E-state index is 10.8. The lowest BCUT2D eigenvalue weighted by Crippen LogP contribution is -2.38. The lowest BCUT2D eigenvalue weighted by atomic mass is 10.1. The molecule has 0 aromatic heterocycles. The van der Waals surface area contributed by atoms with Gasteiger partial charge in [-0.2, -0.15) is 5.06 Å². The molecule has 3 N–H and O–H groups in total. The molecule has 0 saturated heterocycles. The zero-order valence-electron chi connectivity index (χ0n) is 11.7. The predicted octanol–water partition coefficient (Wildman–Crippen LogP) is 2.80. The summed E-state index contributed by atoms with van der Waals surface area (Å²) in [6.45, 7) is 4.03. The molecule has 18 heavy (non-hydrogen) atoms. The highest BCUT2D eigenvalue weighted by atomic mass is 16.7. The van der Waals surface area contributed by atoms with Gasteiger partial charge in [0.15, 0.2) is 0 Å². The van der Waals surface area contributed by atoms with Crippen molar-refractivity contribution in [2.45, 2.75) is 65.2 Å². The number of carbonyl (C=O) groups is 1. The molecule has 0 aromatic carbocycles. The van der Waals surface area contributed by atoms with Gasteiger partial charge in [-0.05, 0) is 6.42 Å². The number of unbranched alkanes of at least 4 members (excludes halogenated alkanes) is 7. The van der Waals surface area contributed by atoms with E-state index in [4.69, 9.17) is 16.0 Å². The number of nitrogens with two attached hydrogens (primary N) is 1. The van der Waals surface area contributed by atoms with E-state index < -0.39 is 5.97 Å². The van der Waals surface area contributed by atoms with E-state index >= 15 is 0 Å². The normalized spacial score (nSPS) is 10.1. The van der Waals surface area contributed by atoms with Crippen LogP contribution in [0.1, 0.15) is 65.2 Å². The van der Waals surface area contributed by atoms with E-state index in [1.54, 1.807) is 0 Å². The lowest BCUT2D eigenvalue weighted by molar-refractivity contribution is -0.170. The number of hydroxylamine groups is 2. The van der Waals surface area contributed by atoms with Crippen LogP contribution >= 0.6 is 0 Å². The summed E-state index contributed by atoms with van der Waals surface area (Å²) < 4.78 is 0. The van der Waals surface area contributed by atoms with E-state index in [9.17, 15) is 4.79 Å². The fraction of sp³-hybridized carbons (Fsp3) is 0.846. The average molecular weight is 257 g/mol. The maximum absolute atomic E-state index is 10.8. The Bertz CT molecular complexity index is 244. The molecule has 5 heteroatoms. The molecule has 0 bridgehead atoms. The third-order valence-corrected chi connectivity index (χ3v) is 2.72. The fourth-order valence-electron chi connectivity index (χ4n) is 1.76. The first-order valence-corrected chi connectivity index (χ1v) is 6.88. The molecule has 0 amide bonds. The van der Waals surface area contributed by atoms with Gasteiger partial charge in [-0.15, -0.1) is 0 Å². The number of guanidine groups is 1. The van der Waals surface area contributed by atoms with Gasteiger partial charge in [0, 0.05) is 6.92 Å². The van der Waals surface area contributed by atoms with Crippen LogP contribution in [0.15, 0.2) is 0 Å². The maximum Gasteiger partial charge on any atom is 0.329 e. The van der Waals surface area contributed by atoms with Gasteiger partial charge < -0.3 is 10.6 Å². The van der Waals surface area contributed by atoms with Crippen molar-refractivity contribution in [2.75, 3.05) is 6.54 Å². The Morgan fingerprint density at radius 2 is 1.61 bits per heavy atom. The van der Waals surface area contributed by atoms with Crippen LogP contribution in [0.5, 0.6) is 0 Å². The van der Waals surface area contributed by atoms with Crippen LogP contribution in [0.2, 0.25) is 0 Å². The van der Waals surface area contributed by atoms with Crippen LogP contribution in [0.4, 0.5) is 0 Å². The highest BCUT2D eigenvalue weighted by Gasteiger charge is 2.09. The van der Waals surface area contributed by atoms with E-state index in [1.165, 1.54) is 45.4 Å². The SMILES string of the molecule is CCCCCCCCCCN(OC(C)=O)C(=N)N. The van der Waals surface area contributed by atoms with E-state index in [2.05, 4.69) is 6.92 Å². The molecule has 0 unspecified atom stereocenters. The number of rotatable bonds is 9. The summed E-state index contributed by atoms with van der Waals surface area (Å²) in [5.41, 5.74) is 5.31. The standard InChI is InChI=1S/C13H27N3O2/c1-3-4-5-6-7-8-9-10-11-16(13(14)15)18-12(2)17/h3-11H2,1-2H3,(H3,14,15). The predicted molar refractivity (Wildman–Crippen MR) is 73.0 cm³/mol. The first kappa shape index (κ1) is 16.7. The quantitative estimate of drug-likeness (QED) is 0.288. The Morgan fingerprint density at radius 3 is 2.06 bits per heavy atom. The molecular formula is C13H27N3O2. The van der Waals surface area contributed by atoms with Crippen LogP contribution in [0.25, 0.3) is 0 Å². The summed E-state index contributed by atoms with van der Waals surface area (Å²) in [4.78, 5) is 15.6. The first-order valence-electron chi connectivity index (χ1n) is 6.88. The van der Waals surface area contributed by atoms with Gasteiger partial charge in [-0.3, -0.25) is 10.2 Å². The van der Waals surface area contributed by atoms with Crippen molar-refractivity contribution in [1.29, 1.82) is 5.41 Å². The number of carbonyl (C=O) groups excluding carboxylic acids is 1. The molecule has 0 aromatic rings. The Morgan fingerprint density at radius 1 is 1.11 bits per heavy atom. The average Bonchev–Trinajstić information content (AvgIpc) is 2.30. The number of nitrogens with one attached hydrogen (secondary N) is 1. The Balaban J connectivity index is 3.49. The minimum atomic E-state index is -0.440. The van der Waals surface area contributed by atoms with Crippen molar-refractivity contribution in [1.82, 2.24) is 5.06 Å². The number of hydrogen-bond acceptors (Lipinski definition) is 3. The minimum absolute atomic E-state index is 0.215. The van der Waals surface area contributed by atoms with Gasteiger partial charge in [0.25, 0.3) is 0 Å². The Labute approximate surface area is 110 Å². The highest BCUT2D eigenvalue weighted by Crippen LogP contribution is 2.08. The number of hydrogen-bond donors (Lipinski definition) is 2. The van der Waals surface area contributed by atoms with E-state index in [0.717, 1.165) is 17.9 Å². The fourth-order valence-corrected chi connectivity index (χ4v) is 1.76. The van der Waals surface area contributed by atoms with Crippen LogP contribution in [0.3, 0.4) is 0 Å². The molecule has 0 saturated carbocycles. The van der Waals surface area contributed by atoms with Gasteiger partial charge in [0.05, 0.1) is 6.54 Å². The van der Waals surface area contributed by atoms with Crippen LogP contribution < -0.4 is 5.73 Å². The second-order valence-electron chi connectivity index (χ2n) is 4.55. The van der Waals surface area contributed by atoms with E-state index in [-0.39, 0.29) is 5.96 Å². The van der Waals surface area contributed by atoms with E-state index in [0.29, 0.717) is 6.54 Å². The van der Waals surface area contributed by atoms with Crippen molar-refractivity contribution in [3.05, 3.63) is 0 Å². The van der Waals surface area contributed by atoms with Crippen LogP contribution in [-0.4, -0.2) is 23.5 Å². The smallest absolute Gasteiger partial charge is 0.329 e. The van der Waals surface area contributed by atoms with Gasteiger partial charge in [-0.1, -0.05) is 51.9 Å². The van der Waals surface area contributed by atoms with Crippen LogP contribution in [-0.2, 0) is 9.63 Å². The molecular weight excluding hydrogens is 230 g/mol.